The number of nitrogens with one attached hydrogen (secondary N) is 2. The van der Waals surface area contributed by atoms with Crippen molar-refractivity contribution in [2.75, 3.05) is 0 Å². The molecule has 0 radical (unpaired) electrons. The van der Waals surface area contributed by atoms with E-state index in [-0.39, 0.29) is 0 Å². The molecule has 0 aliphatic heterocycles. The fourth-order valence-corrected chi connectivity index (χ4v) is 3.42. The lowest BCUT2D eigenvalue weighted by molar-refractivity contribution is 0.691. The van der Waals surface area contributed by atoms with Gasteiger partial charge in [-0.05, 0) is 12.1 Å². The molecule has 25 heavy (non-hydrogen) atoms. The molecule has 3 heterocycles. The highest BCUT2D eigenvalue weighted by Crippen LogP contribution is 2.22. The van der Waals surface area contributed by atoms with Gasteiger partial charge in [0.1, 0.15) is 5.01 Å². The highest BCUT2D eigenvalue weighted by molar-refractivity contribution is 7.09. The Bertz CT molecular complexity index is 931. The van der Waals surface area contributed by atoms with Crippen LogP contribution in [0.1, 0.15) is 10.6 Å². The van der Waals surface area contributed by atoms with Crippen molar-refractivity contribution < 1.29 is 0 Å². The maximum Gasteiger partial charge on any atom is 0.107 e. The average Bonchev–Trinajstić information content (AvgIpc) is 3.33. The van der Waals surface area contributed by atoms with E-state index in [2.05, 4.69) is 38.0 Å². The van der Waals surface area contributed by atoms with Crippen LogP contribution < -0.4 is 5.32 Å². The molecule has 0 bridgehead atoms. The fraction of sp³-hybridized carbons (Fsp3) is 0.105. The Hall–Kier alpha value is -2.83. The molecule has 2 N–H and O–H groups in total. The van der Waals surface area contributed by atoms with E-state index in [9.17, 15) is 0 Å². The van der Waals surface area contributed by atoms with Crippen molar-refractivity contribution >= 4 is 11.3 Å². The van der Waals surface area contributed by atoms with E-state index < -0.39 is 0 Å². The van der Waals surface area contributed by atoms with E-state index in [1.165, 1.54) is 0 Å². The summed E-state index contributed by atoms with van der Waals surface area (Å²) in [5.74, 6) is 0. The van der Waals surface area contributed by atoms with Gasteiger partial charge in [-0.1, -0.05) is 30.3 Å². The molecule has 4 aromatic rings. The zero-order valence-corrected chi connectivity index (χ0v) is 14.3. The first-order valence-corrected chi connectivity index (χ1v) is 8.91. The van der Waals surface area contributed by atoms with E-state index in [4.69, 9.17) is 4.98 Å². The number of thiazole rings is 1. The number of aromatic amines is 1. The third-order valence-corrected chi connectivity index (χ3v) is 4.73. The number of benzene rings is 1. The third kappa shape index (κ3) is 3.65. The summed E-state index contributed by atoms with van der Waals surface area (Å²) in [6.07, 6.45) is 5.46. The molecular weight excluding hydrogens is 330 g/mol. The summed E-state index contributed by atoms with van der Waals surface area (Å²) >= 11 is 1.68. The van der Waals surface area contributed by atoms with Gasteiger partial charge in [0.2, 0.25) is 0 Å². The minimum atomic E-state index is 0.723. The molecule has 0 unspecified atom stereocenters. The van der Waals surface area contributed by atoms with E-state index in [0.717, 1.165) is 46.2 Å². The summed E-state index contributed by atoms with van der Waals surface area (Å²) in [4.78, 5) is 8.87. The van der Waals surface area contributed by atoms with Gasteiger partial charge in [-0.15, -0.1) is 11.3 Å². The number of aromatic nitrogens is 4. The molecule has 0 atom stereocenters. The molecule has 6 heteroatoms. The Morgan fingerprint density at radius 1 is 0.960 bits per heavy atom. The summed E-state index contributed by atoms with van der Waals surface area (Å²) < 4.78 is 0. The van der Waals surface area contributed by atoms with Crippen molar-refractivity contribution in [3.05, 3.63) is 77.0 Å². The van der Waals surface area contributed by atoms with Gasteiger partial charge in [-0.25, -0.2) is 4.98 Å². The molecule has 5 nitrogen and oxygen atoms in total. The first kappa shape index (κ1) is 15.7. The largest absolute Gasteiger partial charge is 0.306 e. The van der Waals surface area contributed by atoms with Crippen molar-refractivity contribution in [2.45, 2.75) is 13.1 Å². The van der Waals surface area contributed by atoms with Crippen molar-refractivity contribution in [3.8, 4) is 22.5 Å². The van der Waals surface area contributed by atoms with Gasteiger partial charge in [0.25, 0.3) is 0 Å². The Labute approximate surface area is 149 Å². The lowest BCUT2D eigenvalue weighted by atomic mass is 10.1. The standard InChI is InChI=1S/C19H17N5S/c1-2-5-14(6-3-1)17-13-25-18(23-17)12-21-10-16-11-22-24-19(16)15-7-4-8-20-9-15/h1-9,11,13,21H,10,12H2,(H,22,24). The third-order valence-electron chi connectivity index (χ3n) is 3.88. The summed E-state index contributed by atoms with van der Waals surface area (Å²) in [6, 6.07) is 14.2. The van der Waals surface area contributed by atoms with E-state index in [1.54, 1.807) is 17.5 Å². The highest BCUT2D eigenvalue weighted by atomic mass is 32.1. The minimum Gasteiger partial charge on any atom is -0.306 e. The molecular formula is C19H17N5S. The molecule has 124 valence electrons. The number of hydrogen-bond acceptors (Lipinski definition) is 5. The van der Waals surface area contributed by atoms with Gasteiger partial charge in [-0.2, -0.15) is 5.10 Å². The van der Waals surface area contributed by atoms with Crippen LogP contribution in [0.2, 0.25) is 0 Å². The lowest BCUT2D eigenvalue weighted by Crippen LogP contribution is -2.12. The monoisotopic (exact) mass is 347 g/mol. The number of pyridine rings is 1. The van der Waals surface area contributed by atoms with Crippen LogP contribution in [-0.2, 0) is 13.1 Å². The maximum atomic E-state index is 4.70. The van der Waals surface area contributed by atoms with Gasteiger partial charge in [0.15, 0.2) is 0 Å². The highest BCUT2D eigenvalue weighted by Gasteiger charge is 2.08. The Balaban J connectivity index is 1.39. The number of hydrogen-bond donors (Lipinski definition) is 2. The second-order valence-corrected chi connectivity index (χ2v) is 6.55. The van der Waals surface area contributed by atoms with Gasteiger partial charge in [0.05, 0.1) is 17.6 Å². The van der Waals surface area contributed by atoms with E-state index in [0.29, 0.717) is 0 Å². The van der Waals surface area contributed by atoms with Gasteiger partial charge in [0, 0.05) is 47.6 Å². The first-order chi connectivity index (χ1) is 12.4. The molecule has 3 aromatic heterocycles. The zero-order chi connectivity index (χ0) is 16.9. The van der Waals surface area contributed by atoms with Crippen molar-refractivity contribution in [2.24, 2.45) is 0 Å². The summed E-state index contributed by atoms with van der Waals surface area (Å²) in [6.45, 7) is 1.45. The van der Waals surface area contributed by atoms with Crippen molar-refractivity contribution in [1.29, 1.82) is 0 Å². The number of rotatable bonds is 6. The van der Waals surface area contributed by atoms with Crippen LogP contribution in [0, 0.1) is 0 Å². The van der Waals surface area contributed by atoms with Crippen molar-refractivity contribution in [3.63, 3.8) is 0 Å². The van der Waals surface area contributed by atoms with Crippen LogP contribution in [0.15, 0.2) is 66.4 Å². The average molecular weight is 347 g/mol. The summed E-state index contributed by atoms with van der Waals surface area (Å²) in [7, 11) is 0. The van der Waals surface area contributed by atoms with Crippen LogP contribution in [0.4, 0.5) is 0 Å². The molecule has 0 saturated heterocycles. The lowest BCUT2D eigenvalue weighted by Gasteiger charge is -2.04. The molecule has 1 aromatic carbocycles. The topological polar surface area (TPSA) is 66.5 Å². The summed E-state index contributed by atoms with van der Waals surface area (Å²) in [5, 5.41) is 13.8. The Kier molecular flexibility index (Phi) is 4.63. The molecule has 0 spiro atoms. The molecule has 0 fully saturated rings. The zero-order valence-electron chi connectivity index (χ0n) is 13.5. The molecule has 0 saturated carbocycles. The molecule has 0 amide bonds. The van der Waals surface area contributed by atoms with E-state index in [1.807, 2.05) is 42.7 Å². The van der Waals surface area contributed by atoms with Gasteiger partial charge < -0.3 is 5.32 Å². The second-order valence-electron chi connectivity index (χ2n) is 5.61. The summed E-state index contributed by atoms with van der Waals surface area (Å²) in [5.41, 5.74) is 5.34. The molecule has 0 aliphatic carbocycles. The van der Waals surface area contributed by atoms with Crippen LogP contribution >= 0.6 is 11.3 Å². The fourth-order valence-electron chi connectivity index (χ4n) is 2.64. The number of H-pyrrole nitrogens is 1. The predicted molar refractivity (Wildman–Crippen MR) is 99.9 cm³/mol. The molecule has 4 rings (SSSR count). The quantitative estimate of drug-likeness (QED) is 0.555. The van der Waals surface area contributed by atoms with Gasteiger partial charge >= 0.3 is 0 Å². The Morgan fingerprint density at radius 3 is 2.68 bits per heavy atom. The SMILES string of the molecule is c1ccc(-c2csc(CNCc3cn[nH]c3-c3cccnc3)n2)cc1. The number of nitrogens with zero attached hydrogens (tertiary/aromatic N) is 3. The van der Waals surface area contributed by atoms with Gasteiger partial charge in [-0.3, -0.25) is 10.1 Å². The second kappa shape index (κ2) is 7.38. The van der Waals surface area contributed by atoms with Crippen LogP contribution in [0.3, 0.4) is 0 Å². The maximum absolute atomic E-state index is 4.70. The minimum absolute atomic E-state index is 0.723. The van der Waals surface area contributed by atoms with Crippen LogP contribution in [0.5, 0.6) is 0 Å². The van der Waals surface area contributed by atoms with Crippen molar-refractivity contribution in [1.82, 2.24) is 25.5 Å². The van der Waals surface area contributed by atoms with E-state index >= 15 is 0 Å². The normalized spacial score (nSPS) is 10.9. The smallest absolute Gasteiger partial charge is 0.107 e. The first-order valence-electron chi connectivity index (χ1n) is 8.03. The Morgan fingerprint density at radius 2 is 1.84 bits per heavy atom. The predicted octanol–water partition coefficient (Wildman–Crippen LogP) is 3.89. The van der Waals surface area contributed by atoms with Crippen LogP contribution in [0.25, 0.3) is 22.5 Å². The van der Waals surface area contributed by atoms with Crippen LogP contribution in [-0.4, -0.2) is 20.2 Å². The molecule has 0 aliphatic rings.